The van der Waals surface area contributed by atoms with Gasteiger partial charge in [0.2, 0.25) is 0 Å². The number of carbonyl (C=O) groups is 1. The molecule has 0 bridgehead atoms. The fourth-order valence-corrected chi connectivity index (χ4v) is 6.40. The fourth-order valence-electron chi connectivity index (χ4n) is 4.17. The Labute approximate surface area is 224 Å². The largest absolute Gasteiger partial charge is 0.480 e. The van der Waals surface area contributed by atoms with Crippen LogP contribution < -0.4 is 5.32 Å². The maximum Gasteiger partial charge on any atom is 0.319 e. The molecular weight excluding hydrogens is 494 g/mol. The summed E-state index contributed by atoms with van der Waals surface area (Å²) in [6.45, 7) is 11.6. The lowest BCUT2D eigenvalue weighted by molar-refractivity contribution is -0.138. The van der Waals surface area contributed by atoms with Crippen molar-refractivity contribution in [2.45, 2.75) is 81.2 Å². The molecule has 0 spiro atoms. The minimum Gasteiger partial charge on any atom is -0.480 e. The van der Waals surface area contributed by atoms with Crippen molar-refractivity contribution in [2.75, 3.05) is 45.9 Å². The Morgan fingerprint density at radius 2 is 1.92 bits per heavy atom. The average Bonchev–Trinajstić information content (AvgIpc) is 3.32. The van der Waals surface area contributed by atoms with E-state index in [0.29, 0.717) is 6.54 Å². The first-order chi connectivity index (χ1) is 17.4. The number of hydrogen-bond donors (Lipinski definition) is 2. The topological polar surface area (TPSA) is 90.3 Å². The smallest absolute Gasteiger partial charge is 0.319 e. The van der Waals surface area contributed by atoms with Crippen LogP contribution in [0.25, 0.3) is 0 Å². The van der Waals surface area contributed by atoms with Gasteiger partial charge in [-0.2, -0.15) is 0 Å². The highest BCUT2D eigenvalue weighted by Crippen LogP contribution is 2.34. The number of morpholine rings is 1. The van der Waals surface area contributed by atoms with E-state index in [1.54, 1.807) is 13.8 Å². The number of unbranched alkanes of at least 4 members (excludes halogenated alkanes) is 6. The van der Waals surface area contributed by atoms with Crippen LogP contribution in [0.15, 0.2) is 26.6 Å². The number of guanidine groups is 1. The first-order valence-corrected chi connectivity index (χ1v) is 15.0. The lowest BCUT2D eigenvalue weighted by Gasteiger charge is -2.34. The summed E-state index contributed by atoms with van der Waals surface area (Å²) in [5.41, 5.74) is 2.23. The second-order valence-electron chi connectivity index (χ2n) is 9.90. The number of thiazole rings is 1. The van der Waals surface area contributed by atoms with Crippen LogP contribution in [0.2, 0.25) is 0 Å². The summed E-state index contributed by atoms with van der Waals surface area (Å²) in [4.78, 5) is 25.8. The van der Waals surface area contributed by atoms with Crippen molar-refractivity contribution in [3.8, 4) is 0 Å². The van der Waals surface area contributed by atoms with E-state index in [4.69, 9.17) is 14.7 Å². The van der Waals surface area contributed by atoms with E-state index < -0.39 is 10.7 Å². The maximum atomic E-state index is 11.5. The van der Waals surface area contributed by atoms with Crippen LogP contribution in [0.5, 0.6) is 0 Å². The minimum absolute atomic E-state index is 0.692. The lowest BCUT2D eigenvalue weighted by atomic mass is 10.1. The van der Waals surface area contributed by atoms with E-state index >= 15 is 0 Å². The number of ether oxygens (including phenoxy) is 1. The van der Waals surface area contributed by atoms with Crippen LogP contribution in [0, 0.1) is 0 Å². The third-order valence-corrected chi connectivity index (χ3v) is 8.71. The van der Waals surface area contributed by atoms with Crippen molar-refractivity contribution in [3.63, 3.8) is 0 Å². The number of hydrogen-bond acceptors (Lipinski definition) is 9. The number of nitrogens with one attached hydrogen (secondary N) is 1. The second-order valence-corrected chi connectivity index (χ2v) is 12.6. The highest BCUT2D eigenvalue weighted by molar-refractivity contribution is 8.03. The van der Waals surface area contributed by atoms with Gasteiger partial charge in [0, 0.05) is 44.2 Å². The van der Waals surface area contributed by atoms with Crippen molar-refractivity contribution < 1.29 is 14.6 Å². The van der Waals surface area contributed by atoms with Gasteiger partial charge < -0.3 is 25.0 Å². The first kappa shape index (κ1) is 28.8. The van der Waals surface area contributed by atoms with Gasteiger partial charge in [-0.15, -0.1) is 11.3 Å². The van der Waals surface area contributed by atoms with E-state index in [2.05, 4.69) is 33.6 Å². The first-order valence-electron chi connectivity index (χ1n) is 13.3. The molecule has 0 aliphatic carbocycles. The molecule has 1 saturated heterocycles. The van der Waals surface area contributed by atoms with Crippen molar-refractivity contribution in [3.05, 3.63) is 23.0 Å². The van der Waals surface area contributed by atoms with Gasteiger partial charge in [0.25, 0.3) is 0 Å². The minimum atomic E-state index is -0.885. The van der Waals surface area contributed by atoms with Gasteiger partial charge in [0.05, 0.1) is 31.1 Å². The molecule has 0 saturated carbocycles. The van der Waals surface area contributed by atoms with Gasteiger partial charge >= 0.3 is 5.97 Å². The Bertz CT molecular complexity index is 881. The Morgan fingerprint density at radius 3 is 2.58 bits per heavy atom. The molecule has 10 heteroatoms. The van der Waals surface area contributed by atoms with E-state index in [0.717, 1.165) is 68.2 Å². The van der Waals surface area contributed by atoms with Crippen molar-refractivity contribution >= 4 is 35.0 Å². The summed E-state index contributed by atoms with van der Waals surface area (Å²) in [6.07, 6.45) is 11.9. The van der Waals surface area contributed by atoms with Crippen LogP contribution in [0.1, 0.15) is 71.4 Å². The van der Waals surface area contributed by atoms with Crippen molar-refractivity contribution in [1.82, 2.24) is 20.1 Å². The molecule has 0 atom stereocenters. The molecule has 1 aromatic heterocycles. The highest BCUT2D eigenvalue weighted by atomic mass is 32.2. The van der Waals surface area contributed by atoms with Crippen LogP contribution in [0.4, 0.5) is 0 Å². The van der Waals surface area contributed by atoms with E-state index in [9.17, 15) is 9.90 Å². The zero-order valence-corrected chi connectivity index (χ0v) is 23.8. The molecule has 2 aliphatic rings. The maximum absolute atomic E-state index is 11.5. The fraction of sp³-hybridized carbons (Fsp3) is 0.731. The van der Waals surface area contributed by atoms with Crippen molar-refractivity contribution in [2.24, 2.45) is 4.99 Å². The Kier molecular flexibility index (Phi) is 11.9. The number of carboxylic acid groups (broad SMARTS) is 1. The molecule has 3 heterocycles. The van der Waals surface area contributed by atoms with Gasteiger partial charge in [-0.25, -0.2) is 9.98 Å². The van der Waals surface area contributed by atoms with Crippen molar-refractivity contribution in [1.29, 1.82) is 0 Å². The summed E-state index contributed by atoms with van der Waals surface area (Å²) in [7, 11) is 0. The van der Waals surface area contributed by atoms with Gasteiger partial charge in [-0.1, -0.05) is 57.2 Å². The van der Waals surface area contributed by atoms with E-state index in [-0.39, 0.29) is 0 Å². The zero-order chi connectivity index (χ0) is 25.8. The molecule has 0 amide bonds. The molecular formula is C26H43N5O3S2. The van der Waals surface area contributed by atoms with Gasteiger partial charge in [-0.3, -0.25) is 4.79 Å². The van der Waals surface area contributed by atoms with E-state index in [1.165, 1.54) is 67.3 Å². The monoisotopic (exact) mass is 537 g/mol. The van der Waals surface area contributed by atoms with E-state index in [1.807, 2.05) is 0 Å². The van der Waals surface area contributed by atoms with Crippen LogP contribution in [-0.4, -0.2) is 82.5 Å². The molecule has 1 fully saturated rings. The quantitative estimate of drug-likeness (QED) is 0.243. The number of carboxylic acids is 1. The standard InChI is InChI=1S/C26H43N5O3S2/c1-4-5-6-7-8-9-10-12-31(24-27-18-22(19-28-24)30-14-16-34-17-15-30)13-11-21-20-35-25(29-21)36-26(2,3)23(32)33/h18,20H,4-17,19H2,1-3H3,(H,27,28)(H,32,33). The summed E-state index contributed by atoms with van der Waals surface area (Å²) in [5, 5.41) is 14.9. The summed E-state index contributed by atoms with van der Waals surface area (Å²) >= 11 is 2.84. The zero-order valence-electron chi connectivity index (χ0n) is 22.1. The number of rotatable bonds is 15. The summed E-state index contributed by atoms with van der Waals surface area (Å²) in [5.74, 6) is 0.117. The molecule has 36 heavy (non-hydrogen) atoms. The molecule has 0 radical (unpaired) electrons. The summed E-state index contributed by atoms with van der Waals surface area (Å²) in [6, 6.07) is 0. The molecule has 0 aromatic carbocycles. The molecule has 8 nitrogen and oxygen atoms in total. The Morgan fingerprint density at radius 1 is 1.19 bits per heavy atom. The Hall–Kier alpha value is -1.78. The number of nitrogens with zero attached hydrogens (tertiary/aromatic N) is 4. The third-order valence-electron chi connectivity index (χ3n) is 6.53. The van der Waals surface area contributed by atoms with Gasteiger partial charge in [0.1, 0.15) is 4.75 Å². The number of aliphatic carboxylic acids is 1. The molecule has 2 aliphatic heterocycles. The predicted octanol–water partition coefficient (Wildman–Crippen LogP) is 4.83. The molecule has 1 aromatic rings. The van der Waals surface area contributed by atoms with Gasteiger partial charge in [0.15, 0.2) is 10.3 Å². The third kappa shape index (κ3) is 9.27. The number of aliphatic imine (C=N–C) groups is 1. The van der Waals surface area contributed by atoms with Crippen LogP contribution >= 0.6 is 23.1 Å². The number of aromatic nitrogens is 1. The van der Waals surface area contributed by atoms with Gasteiger partial charge in [-0.05, 0) is 20.3 Å². The lowest BCUT2D eigenvalue weighted by Crippen LogP contribution is -2.45. The second kappa shape index (κ2) is 14.8. The molecule has 202 valence electrons. The van der Waals surface area contributed by atoms with Crippen LogP contribution in [-0.2, 0) is 16.0 Å². The average molecular weight is 538 g/mol. The van der Waals surface area contributed by atoms with Crippen LogP contribution in [0.3, 0.4) is 0 Å². The number of thioether (sulfide) groups is 1. The SMILES string of the molecule is CCCCCCCCCN(CCc1csc(SC(C)(C)C(=O)O)n1)C1=NCC(N2CCOCC2)=CN1. The molecule has 0 unspecified atom stereocenters. The molecule has 2 N–H and O–H groups in total. The normalized spacial score (nSPS) is 16.4. The highest BCUT2D eigenvalue weighted by Gasteiger charge is 2.30. The molecule has 3 rings (SSSR count). The Balaban J connectivity index is 1.54. The summed E-state index contributed by atoms with van der Waals surface area (Å²) < 4.78 is 5.40. The predicted molar refractivity (Wildman–Crippen MR) is 149 cm³/mol.